The molecule has 0 unspecified atom stereocenters. The second-order valence-corrected chi connectivity index (χ2v) is 13.7. The van der Waals surface area contributed by atoms with Crippen molar-refractivity contribution in [2.24, 2.45) is 0 Å². The van der Waals surface area contributed by atoms with Crippen LogP contribution in [0.15, 0.2) is 60.7 Å². The Hall–Kier alpha value is -3.92. The van der Waals surface area contributed by atoms with Gasteiger partial charge in [0.25, 0.3) is 0 Å². The Kier molecular flexibility index (Phi) is 9.40. The van der Waals surface area contributed by atoms with Crippen LogP contribution in [-0.4, -0.2) is 20.4 Å². The van der Waals surface area contributed by atoms with Crippen LogP contribution in [0.3, 0.4) is 0 Å². The minimum atomic E-state index is 0.313. The highest BCUT2D eigenvalue weighted by atomic mass is 16.3. The number of phenolic OH excluding ortho intramolecular Hbond substituents is 4. The highest BCUT2D eigenvalue weighted by molar-refractivity contribution is 5.54. The topological polar surface area (TPSA) is 80.9 Å². The quantitative estimate of drug-likeness (QED) is 0.161. The van der Waals surface area contributed by atoms with Crippen molar-refractivity contribution in [1.82, 2.24) is 0 Å². The maximum atomic E-state index is 11.4. The lowest BCUT2D eigenvalue weighted by atomic mass is 9.82. The van der Waals surface area contributed by atoms with Crippen LogP contribution in [0.1, 0.15) is 132 Å². The van der Waals surface area contributed by atoms with Crippen molar-refractivity contribution in [3.63, 3.8) is 0 Å². The molecule has 2 saturated carbocycles. The van der Waals surface area contributed by atoms with Crippen LogP contribution in [0, 0.1) is 13.8 Å². The van der Waals surface area contributed by atoms with Crippen molar-refractivity contribution in [2.45, 2.75) is 109 Å². The van der Waals surface area contributed by atoms with Crippen molar-refractivity contribution in [3.8, 4) is 23.0 Å². The van der Waals surface area contributed by atoms with Gasteiger partial charge in [0, 0.05) is 24.0 Å². The summed E-state index contributed by atoms with van der Waals surface area (Å²) in [5, 5.41) is 44.1. The smallest absolute Gasteiger partial charge is 0.122 e. The highest BCUT2D eigenvalue weighted by Gasteiger charge is 2.22. The fourth-order valence-electron chi connectivity index (χ4n) is 7.84. The largest absolute Gasteiger partial charge is 0.508 e. The molecule has 45 heavy (non-hydrogen) atoms. The second kappa shape index (κ2) is 13.6. The van der Waals surface area contributed by atoms with Crippen molar-refractivity contribution < 1.29 is 20.4 Å². The van der Waals surface area contributed by atoms with Crippen LogP contribution in [0.25, 0.3) is 0 Å². The van der Waals surface area contributed by atoms with Crippen LogP contribution >= 0.6 is 0 Å². The molecule has 6 rings (SSSR count). The van der Waals surface area contributed by atoms with Crippen molar-refractivity contribution in [3.05, 3.63) is 116 Å². The van der Waals surface area contributed by atoms with Crippen LogP contribution in [0.5, 0.6) is 23.0 Å². The molecule has 236 valence electrons. The number of hydrogen-bond donors (Lipinski definition) is 4. The Morgan fingerprint density at radius 1 is 0.489 bits per heavy atom. The summed E-state index contributed by atoms with van der Waals surface area (Å²) in [6.07, 6.45) is 13.5. The lowest BCUT2D eigenvalue weighted by molar-refractivity contribution is 0.414. The number of aryl methyl sites for hydroxylation is 2. The van der Waals surface area contributed by atoms with E-state index in [9.17, 15) is 20.4 Å². The maximum Gasteiger partial charge on any atom is 0.122 e. The van der Waals surface area contributed by atoms with E-state index in [1.165, 1.54) is 38.5 Å². The van der Waals surface area contributed by atoms with Gasteiger partial charge in [-0.05, 0) is 114 Å². The third-order valence-electron chi connectivity index (χ3n) is 10.6. The van der Waals surface area contributed by atoms with E-state index in [0.717, 1.165) is 81.3 Å². The van der Waals surface area contributed by atoms with Crippen LogP contribution < -0.4 is 0 Å². The summed E-state index contributed by atoms with van der Waals surface area (Å²) in [6, 6.07) is 20.1. The predicted octanol–water partition coefficient (Wildman–Crippen LogP) is 9.99. The second-order valence-electron chi connectivity index (χ2n) is 13.7. The van der Waals surface area contributed by atoms with E-state index in [2.05, 4.69) is 24.3 Å². The Morgan fingerprint density at radius 2 is 0.889 bits per heavy atom. The van der Waals surface area contributed by atoms with E-state index >= 15 is 0 Å². The highest BCUT2D eigenvalue weighted by Crippen LogP contribution is 2.41. The minimum absolute atomic E-state index is 0.313. The molecule has 0 saturated heterocycles. The zero-order chi connectivity index (χ0) is 31.5. The first-order chi connectivity index (χ1) is 21.8. The third-order valence-corrected chi connectivity index (χ3v) is 10.6. The summed E-state index contributed by atoms with van der Waals surface area (Å²) in [4.78, 5) is 0. The molecule has 4 aromatic carbocycles. The molecule has 0 aliphatic heterocycles. The van der Waals surface area contributed by atoms with Gasteiger partial charge < -0.3 is 20.4 Å². The molecule has 4 N–H and O–H groups in total. The summed E-state index contributed by atoms with van der Waals surface area (Å²) in [6.45, 7) is 3.87. The molecular weight excluding hydrogens is 556 g/mol. The Morgan fingerprint density at radius 3 is 1.29 bits per heavy atom. The Labute approximate surface area is 268 Å². The van der Waals surface area contributed by atoms with Gasteiger partial charge in [0.15, 0.2) is 0 Å². The molecule has 0 amide bonds. The molecule has 0 aromatic heterocycles. The molecule has 0 spiro atoms. The van der Waals surface area contributed by atoms with E-state index in [0.29, 0.717) is 54.1 Å². The van der Waals surface area contributed by atoms with E-state index in [1.807, 2.05) is 50.2 Å². The van der Waals surface area contributed by atoms with Gasteiger partial charge in [0.1, 0.15) is 23.0 Å². The van der Waals surface area contributed by atoms with Crippen molar-refractivity contribution >= 4 is 0 Å². The average Bonchev–Trinajstić information content (AvgIpc) is 3.06. The van der Waals surface area contributed by atoms with Gasteiger partial charge in [-0.1, -0.05) is 87.1 Å². The molecule has 0 heterocycles. The lowest BCUT2D eigenvalue weighted by Gasteiger charge is -2.24. The SMILES string of the molecule is Cc1ccc(Cc2ccc(C)c(O)c2Cc2ccc(O)c(C3CCCCC3)c2)c(Cc2ccc(O)c(C3CCCCC3)c2)c1O. The molecule has 0 bridgehead atoms. The van der Waals surface area contributed by atoms with Gasteiger partial charge in [0.05, 0.1) is 0 Å². The number of aromatic hydroxyl groups is 4. The van der Waals surface area contributed by atoms with Gasteiger partial charge in [-0.25, -0.2) is 0 Å². The zero-order valence-corrected chi connectivity index (χ0v) is 26.9. The molecule has 2 aliphatic carbocycles. The predicted molar refractivity (Wildman–Crippen MR) is 182 cm³/mol. The summed E-state index contributed by atoms with van der Waals surface area (Å²) in [5.41, 5.74) is 9.77. The standard InChI is InChI=1S/C41H48O4/c1-26-13-17-32(36(40(26)44)23-28-15-19-38(42)34(21-28)30-9-5-3-6-10-30)25-33-18-14-27(2)41(45)37(33)24-29-16-20-39(43)35(22-29)31-11-7-4-8-12-31/h13-22,30-31,42-45H,3-12,23-25H2,1-2H3. The Balaban J connectivity index is 1.32. The van der Waals surface area contributed by atoms with E-state index < -0.39 is 0 Å². The average molecular weight is 605 g/mol. The van der Waals surface area contributed by atoms with Crippen molar-refractivity contribution in [1.29, 1.82) is 0 Å². The van der Waals surface area contributed by atoms with Gasteiger partial charge >= 0.3 is 0 Å². The molecule has 4 heteroatoms. The van der Waals surface area contributed by atoms with E-state index in [4.69, 9.17) is 0 Å². The maximum absolute atomic E-state index is 11.4. The third kappa shape index (κ3) is 6.85. The van der Waals surface area contributed by atoms with Gasteiger partial charge in [-0.15, -0.1) is 0 Å². The summed E-state index contributed by atoms with van der Waals surface area (Å²) in [7, 11) is 0. The zero-order valence-electron chi connectivity index (χ0n) is 26.9. The number of benzene rings is 4. The molecule has 4 nitrogen and oxygen atoms in total. The monoisotopic (exact) mass is 604 g/mol. The first-order valence-corrected chi connectivity index (χ1v) is 17.0. The van der Waals surface area contributed by atoms with Crippen LogP contribution in [0.2, 0.25) is 0 Å². The first kappa shape index (κ1) is 31.1. The summed E-state index contributed by atoms with van der Waals surface area (Å²) in [5.74, 6) is 2.16. The van der Waals surface area contributed by atoms with Crippen molar-refractivity contribution in [2.75, 3.05) is 0 Å². The van der Waals surface area contributed by atoms with Gasteiger partial charge in [-0.3, -0.25) is 0 Å². The number of hydrogen-bond acceptors (Lipinski definition) is 4. The minimum Gasteiger partial charge on any atom is -0.508 e. The van der Waals surface area contributed by atoms with Gasteiger partial charge in [-0.2, -0.15) is 0 Å². The molecule has 2 fully saturated rings. The normalized spacial score (nSPS) is 16.2. The molecular formula is C41H48O4. The fraction of sp³-hybridized carbons (Fsp3) is 0.415. The first-order valence-electron chi connectivity index (χ1n) is 17.0. The molecule has 0 radical (unpaired) electrons. The molecule has 2 aliphatic rings. The Bertz CT molecular complexity index is 1530. The summed E-state index contributed by atoms with van der Waals surface area (Å²) >= 11 is 0. The van der Waals surface area contributed by atoms with E-state index in [1.54, 1.807) is 0 Å². The number of phenols is 4. The molecule has 4 aromatic rings. The van der Waals surface area contributed by atoms with Crippen LogP contribution in [0.4, 0.5) is 0 Å². The lowest BCUT2D eigenvalue weighted by Crippen LogP contribution is -2.07. The molecule has 0 atom stereocenters. The van der Waals surface area contributed by atoms with Crippen LogP contribution in [-0.2, 0) is 19.3 Å². The fourth-order valence-corrected chi connectivity index (χ4v) is 7.84. The number of rotatable bonds is 8. The van der Waals surface area contributed by atoms with E-state index in [-0.39, 0.29) is 0 Å². The summed E-state index contributed by atoms with van der Waals surface area (Å²) < 4.78 is 0. The van der Waals surface area contributed by atoms with Gasteiger partial charge in [0.2, 0.25) is 0 Å².